The van der Waals surface area contributed by atoms with E-state index >= 15 is 0 Å². The molecule has 0 atom stereocenters. The maximum atomic E-state index is 5.17. The van der Waals surface area contributed by atoms with Crippen molar-refractivity contribution in [3.63, 3.8) is 0 Å². The lowest BCUT2D eigenvalue weighted by molar-refractivity contribution is 0.205. The number of nitrogens with zero attached hydrogens (tertiary/aromatic N) is 1. The third kappa shape index (κ3) is 5.51. The molecule has 1 aromatic carbocycles. The summed E-state index contributed by atoms with van der Waals surface area (Å²) < 4.78 is 5.17. The van der Waals surface area contributed by atoms with E-state index in [2.05, 4.69) is 63.0 Å². The second-order valence-corrected chi connectivity index (χ2v) is 6.29. The molecule has 1 rings (SSSR count). The van der Waals surface area contributed by atoms with Crippen molar-refractivity contribution in [2.75, 3.05) is 31.7 Å². The second kappa shape index (κ2) is 7.65. The number of nitrogens with one attached hydrogen (secondary N) is 1. The predicted octanol–water partition coefficient (Wildman–Crippen LogP) is 3.36. The van der Waals surface area contributed by atoms with Gasteiger partial charge in [-0.15, -0.1) is 0 Å². The van der Waals surface area contributed by atoms with Crippen LogP contribution in [0, 0.1) is 6.92 Å². The van der Waals surface area contributed by atoms with Gasteiger partial charge in [0.15, 0.2) is 0 Å². The maximum absolute atomic E-state index is 5.17. The number of hydrogen-bond donors (Lipinski definition) is 1. The molecule has 20 heavy (non-hydrogen) atoms. The highest BCUT2D eigenvalue weighted by Crippen LogP contribution is 2.19. The molecule has 0 aromatic heterocycles. The van der Waals surface area contributed by atoms with E-state index in [0.717, 1.165) is 26.2 Å². The number of benzene rings is 1. The highest BCUT2D eigenvalue weighted by molar-refractivity contribution is 5.50. The third-order valence-electron chi connectivity index (χ3n) is 3.45. The van der Waals surface area contributed by atoms with E-state index in [-0.39, 0.29) is 5.54 Å². The zero-order valence-corrected chi connectivity index (χ0v) is 13.9. The summed E-state index contributed by atoms with van der Waals surface area (Å²) in [5.41, 5.74) is 4.14. The van der Waals surface area contributed by atoms with E-state index in [1.54, 1.807) is 7.11 Å². The fourth-order valence-corrected chi connectivity index (χ4v) is 2.11. The van der Waals surface area contributed by atoms with E-state index < -0.39 is 0 Å². The minimum Gasteiger partial charge on any atom is -0.383 e. The van der Waals surface area contributed by atoms with Gasteiger partial charge in [-0.05, 0) is 57.9 Å². The first-order chi connectivity index (χ1) is 9.37. The molecule has 0 heterocycles. The van der Waals surface area contributed by atoms with Crippen LogP contribution in [-0.4, -0.2) is 32.3 Å². The van der Waals surface area contributed by atoms with Crippen LogP contribution in [0.3, 0.4) is 0 Å². The van der Waals surface area contributed by atoms with Crippen LogP contribution < -0.4 is 10.2 Å². The van der Waals surface area contributed by atoms with Gasteiger partial charge in [0.25, 0.3) is 0 Å². The quantitative estimate of drug-likeness (QED) is 0.828. The van der Waals surface area contributed by atoms with Crippen molar-refractivity contribution in [3.8, 4) is 0 Å². The van der Waals surface area contributed by atoms with E-state index in [1.165, 1.54) is 16.8 Å². The Bertz CT molecular complexity index is 410. The lowest BCUT2D eigenvalue weighted by Gasteiger charge is -2.25. The average molecular weight is 278 g/mol. The fourth-order valence-electron chi connectivity index (χ4n) is 2.11. The summed E-state index contributed by atoms with van der Waals surface area (Å²) in [7, 11) is 1.75. The number of aryl methyl sites for hydroxylation is 1. The third-order valence-corrected chi connectivity index (χ3v) is 3.45. The molecule has 0 unspecified atom stereocenters. The number of methoxy groups -OCH3 is 1. The monoisotopic (exact) mass is 278 g/mol. The number of ether oxygens (including phenoxy) is 1. The molecule has 0 amide bonds. The van der Waals surface area contributed by atoms with Gasteiger partial charge in [-0.3, -0.25) is 0 Å². The summed E-state index contributed by atoms with van der Waals surface area (Å²) in [5, 5.41) is 3.54. The SMILES string of the molecule is CCN(CCOC)c1ccc(CNC(C)(C)C)c(C)c1. The van der Waals surface area contributed by atoms with Crippen molar-refractivity contribution in [3.05, 3.63) is 29.3 Å². The highest BCUT2D eigenvalue weighted by atomic mass is 16.5. The Morgan fingerprint density at radius 2 is 1.95 bits per heavy atom. The van der Waals surface area contributed by atoms with Crippen LogP contribution >= 0.6 is 0 Å². The van der Waals surface area contributed by atoms with Crippen molar-refractivity contribution in [2.24, 2.45) is 0 Å². The standard InChI is InChI=1S/C17H30N2O/c1-7-19(10-11-20-6)16-9-8-15(14(2)12-16)13-18-17(3,4)5/h8-9,12,18H,7,10-11,13H2,1-6H3. The van der Waals surface area contributed by atoms with Crippen LogP contribution in [-0.2, 0) is 11.3 Å². The molecular formula is C17H30N2O. The number of rotatable bonds is 7. The lowest BCUT2D eigenvalue weighted by Crippen LogP contribution is -2.35. The van der Waals surface area contributed by atoms with Gasteiger partial charge < -0.3 is 15.0 Å². The smallest absolute Gasteiger partial charge is 0.0637 e. The molecule has 0 radical (unpaired) electrons. The van der Waals surface area contributed by atoms with Crippen molar-refractivity contribution >= 4 is 5.69 Å². The molecule has 0 spiro atoms. The normalized spacial score (nSPS) is 11.7. The Labute approximate surface area is 124 Å². The van der Waals surface area contributed by atoms with Crippen LogP contribution in [0.4, 0.5) is 5.69 Å². The summed E-state index contributed by atoms with van der Waals surface area (Å²) in [6, 6.07) is 6.73. The molecule has 0 aliphatic heterocycles. The summed E-state index contributed by atoms with van der Waals surface area (Å²) in [6.45, 7) is 14.6. The molecule has 0 aliphatic rings. The number of likely N-dealkylation sites (N-methyl/N-ethyl adjacent to an activating group) is 1. The number of hydrogen-bond acceptors (Lipinski definition) is 3. The molecule has 114 valence electrons. The van der Waals surface area contributed by atoms with Crippen LogP contribution in [0.15, 0.2) is 18.2 Å². The summed E-state index contributed by atoms with van der Waals surface area (Å²) in [5.74, 6) is 0. The molecule has 1 N–H and O–H groups in total. The highest BCUT2D eigenvalue weighted by Gasteiger charge is 2.10. The van der Waals surface area contributed by atoms with Gasteiger partial charge in [-0.1, -0.05) is 6.07 Å². The molecule has 3 heteroatoms. The summed E-state index contributed by atoms with van der Waals surface area (Å²) in [4.78, 5) is 2.34. The summed E-state index contributed by atoms with van der Waals surface area (Å²) >= 11 is 0. The molecule has 0 bridgehead atoms. The Morgan fingerprint density at radius 1 is 1.25 bits per heavy atom. The van der Waals surface area contributed by atoms with Crippen molar-refractivity contribution in [1.29, 1.82) is 0 Å². The van der Waals surface area contributed by atoms with Gasteiger partial charge in [-0.25, -0.2) is 0 Å². The van der Waals surface area contributed by atoms with Crippen LogP contribution in [0.5, 0.6) is 0 Å². The van der Waals surface area contributed by atoms with Crippen molar-refractivity contribution < 1.29 is 4.74 Å². The second-order valence-electron chi connectivity index (χ2n) is 6.29. The Morgan fingerprint density at radius 3 is 2.45 bits per heavy atom. The summed E-state index contributed by atoms with van der Waals surface area (Å²) in [6.07, 6.45) is 0. The Balaban J connectivity index is 2.75. The minimum absolute atomic E-state index is 0.152. The molecule has 0 aliphatic carbocycles. The first-order valence-corrected chi connectivity index (χ1v) is 7.46. The van der Waals surface area contributed by atoms with Crippen LogP contribution in [0.2, 0.25) is 0 Å². The topological polar surface area (TPSA) is 24.5 Å². The van der Waals surface area contributed by atoms with E-state index in [0.29, 0.717) is 0 Å². The minimum atomic E-state index is 0.152. The van der Waals surface area contributed by atoms with Crippen molar-refractivity contribution in [1.82, 2.24) is 5.32 Å². The van der Waals surface area contributed by atoms with Gasteiger partial charge in [0.2, 0.25) is 0 Å². The van der Waals surface area contributed by atoms with Gasteiger partial charge in [0.05, 0.1) is 6.61 Å². The molecule has 1 aromatic rings. The largest absolute Gasteiger partial charge is 0.383 e. The van der Waals surface area contributed by atoms with E-state index in [1.807, 2.05) is 0 Å². The average Bonchev–Trinajstić information content (AvgIpc) is 2.37. The number of anilines is 1. The fraction of sp³-hybridized carbons (Fsp3) is 0.647. The molecule has 0 fully saturated rings. The lowest BCUT2D eigenvalue weighted by atomic mass is 10.0. The maximum Gasteiger partial charge on any atom is 0.0637 e. The Hall–Kier alpha value is -1.06. The van der Waals surface area contributed by atoms with E-state index in [4.69, 9.17) is 4.74 Å². The zero-order valence-electron chi connectivity index (χ0n) is 13.9. The molecular weight excluding hydrogens is 248 g/mol. The first kappa shape index (κ1) is 17.0. The Kier molecular flexibility index (Phi) is 6.50. The van der Waals surface area contributed by atoms with Gasteiger partial charge >= 0.3 is 0 Å². The van der Waals surface area contributed by atoms with Gasteiger partial charge in [0.1, 0.15) is 0 Å². The molecule has 0 saturated carbocycles. The molecule has 3 nitrogen and oxygen atoms in total. The van der Waals surface area contributed by atoms with Crippen LogP contribution in [0.25, 0.3) is 0 Å². The van der Waals surface area contributed by atoms with E-state index in [9.17, 15) is 0 Å². The van der Waals surface area contributed by atoms with Crippen LogP contribution in [0.1, 0.15) is 38.8 Å². The van der Waals surface area contributed by atoms with Gasteiger partial charge in [0, 0.05) is 38.0 Å². The first-order valence-electron chi connectivity index (χ1n) is 7.46. The predicted molar refractivity (Wildman–Crippen MR) is 87.5 cm³/mol. The zero-order chi connectivity index (χ0) is 15.2. The molecule has 0 saturated heterocycles. The van der Waals surface area contributed by atoms with Gasteiger partial charge in [-0.2, -0.15) is 0 Å². The van der Waals surface area contributed by atoms with Crippen molar-refractivity contribution in [2.45, 2.75) is 46.7 Å².